The molecule has 0 unspecified atom stereocenters. The molecule has 17 heavy (non-hydrogen) atoms. The highest BCUT2D eigenvalue weighted by Crippen LogP contribution is 2.33. The van der Waals surface area contributed by atoms with Crippen LogP contribution >= 0.6 is 70.7 Å². The van der Waals surface area contributed by atoms with Crippen LogP contribution in [0.2, 0.25) is 5.02 Å². The van der Waals surface area contributed by atoms with Crippen LogP contribution in [0, 0.1) is 0 Å². The maximum atomic E-state index is 5.89. The summed E-state index contributed by atoms with van der Waals surface area (Å²) >= 11 is 18.0. The van der Waals surface area contributed by atoms with E-state index in [1.54, 1.807) is 11.3 Å². The number of benzene rings is 1. The van der Waals surface area contributed by atoms with Gasteiger partial charge >= 0.3 is 0 Å². The lowest BCUT2D eigenvalue weighted by Gasteiger charge is -2.07. The molecule has 0 saturated heterocycles. The van der Waals surface area contributed by atoms with E-state index in [9.17, 15) is 0 Å². The van der Waals surface area contributed by atoms with Gasteiger partial charge in [-0.2, -0.15) is 0 Å². The summed E-state index contributed by atoms with van der Waals surface area (Å²) in [6.07, 6.45) is 0. The molecule has 2 rings (SSSR count). The highest BCUT2D eigenvalue weighted by Gasteiger charge is 2.05. The molecule has 0 amide bonds. The number of hydrogen-bond acceptors (Lipinski definition) is 2. The van der Waals surface area contributed by atoms with E-state index in [1.165, 1.54) is 4.88 Å². The molecule has 0 aliphatic heterocycles. The molecule has 90 valence electrons. The predicted octanol–water partition coefficient (Wildman–Crippen LogP) is 6.30. The Bertz CT molecular complexity index is 522. The summed E-state index contributed by atoms with van der Waals surface area (Å²) in [5.41, 5.74) is 1.04. The number of halogens is 4. The van der Waals surface area contributed by atoms with E-state index in [0.717, 1.165) is 30.0 Å². The molecule has 1 aromatic heterocycles. The summed E-state index contributed by atoms with van der Waals surface area (Å²) in [6.45, 7) is 0.787. The van der Waals surface area contributed by atoms with Gasteiger partial charge in [0.15, 0.2) is 0 Å². The minimum Gasteiger partial charge on any atom is -0.379 e. The van der Waals surface area contributed by atoms with Crippen molar-refractivity contribution in [2.45, 2.75) is 6.54 Å². The van der Waals surface area contributed by atoms with Gasteiger partial charge in [0.05, 0.1) is 3.79 Å². The summed E-state index contributed by atoms with van der Waals surface area (Å²) in [7, 11) is 0. The van der Waals surface area contributed by atoms with Crippen LogP contribution < -0.4 is 5.32 Å². The number of nitrogens with one attached hydrogen (secondary N) is 1. The van der Waals surface area contributed by atoms with E-state index in [-0.39, 0.29) is 0 Å². The molecule has 0 aliphatic rings. The van der Waals surface area contributed by atoms with E-state index in [4.69, 9.17) is 11.6 Å². The topological polar surface area (TPSA) is 12.0 Å². The van der Waals surface area contributed by atoms with Crippen molar-refractivity contribution in [1.82, 2.24) is 0 Å². The zero-order valence-corrected chi connectivity index (χ0v) is 14.8. The van der Waals surface area contributed by atoms with Gasteiger partial charge in [-0.1, -0.05) is 11.6 Å². The van der Waals surface area contributed by atoms with Gasteiger partial charge in [0, 0.05) is 31.1 Å². The Labute approximate surface area is 134 Å². The Kier molecular flexibility index (Phi) is 4.95. The lowest BCUT2D eigenvalue weighted by molar-refractivity contribution is 1.19. The third kappa shape index (κ3) is 3.70. The average Bonchev–Trinajstić information content (AvgIpc) is 2.57. The van der Waals surface area contributed by atoms with E-state index in [1.807, 2.05) is 18.2 Å². The van der Waals surface area contributed by atoms with Crippen LogP contribution in [-0.2, 0) is 6.54 Å². The van der Waals surface area contributed by atoms with Crippen molar-refractivity contribution < 1.29 is 0 Å². The van der Waals surface area contributed by atoms with Crippen LogP contribution in [0.15, 0.2) is 37.0 Å². The van der Waals surface area contributed by atoms with Crippen LogP contribution in [0.5, 0.6) is 0 Å². The Hall–Kier alpha value is 0.450. The lowest BCUT2D eigenvalue weighted by atomic mass is 10.3. The van der Waals surface area contributed by atoms with Crippen molar-refractivity contribution in [3.8, 4) is 0 Å². The normalized spacial score (nSPS) is 10.6. The smallest absolute Gasteiger partial charge is 0.0843 e. The second kappa shape index (κ2) is 6.06. The summed E-state index contributed by atoms with van der Waals surface area (Å²) in [4.78, 5) is 1.26. The molecule has 0 saturated carbocycles. The molecule has 2 aromatic rings. The first-order valence-corrected chi connectivity index (χ1v) is 8.26. The van der Waals surface area contributed by atoms with Gasteiger partial charge in [0.2, 0.25) is 0 Å². The van der Waals surface area contributed by atoms with Gasteiger partial charge in [-0.15, -0.1) is 11.3 Å². The molecule has 6 heteroatoms. The monoisotopic (exact) mass is 457 g/mol. The first-order chi connectivity index (χ1) is 8.06. The second-order valence-corrected chi connectivity index (χ2v) is 7.91. The van der Waals surface area contributed by atoms with Crippen LogP contribution in [0.4, 0.5) is 5.69 Å². The Morgan fingerprint density at radius 3 is 2.47 bits per heavy atom. The molecule has 0 spiro atoms. The number of hydrogen-bond donors (Lipinski definition) is 1. The zero-order valence-electron chi connectivity index (χ0n) is 8.44. The molecular weight excluding hydrogens is 453 g/mol. The Morgan fingerprint density at radius 2 is 1.88 bits per heavy atom. The largest absolute Gasteiger partial charge is 0.379 e. The van der Waals surface area contributed by atoms with Gasteiger partial charge in [-0.3, -0.25) is 0 Å². The quantitative estimate of drug-likeness (QED) is 0.567. The number of thiophene rings is 1. The first-order valence-electron chi connectivity index (χ1n) is 4.69. The standard InChI is InChI=1S/C11H7Br3ClNS/c12-8-3-6(15)1-2-10(8)16-5-7-4-9(13)11(14)17-7/h1-4,16H,5H2. The highest BCUT2D eigenvalue weighted by molar-refractivity contribution is 9.13. The molecule has 0 bridgehead atoms. The Balaban J connectivity index is 2.07. The molecule has 1 N–H and O–H groups in total. The maximum absolute atomic E-state index is 5.89. The van der Waals surface area contributed by atoms with Crippen molar-refractivity contribution in [1.29, 1.82) is 0 Å². The molecule has 0 radical (unpaired) electrons. The SMILES string of the molecule is Clc1ccc(NCc2cc(Br)c(Br)s2)c(Br)c1. The van der Waals surface area contributed by atoms with E-state index in [0.29, 0.717) is 0 Å². The minimum absolute atomic E-state index is 0.726. The van der Waals surface area contributed by atoms with Crippen LogP contribution in [0.3, 0.4) is 0 Å². The molecule has 1 nitrogen and oxygen atoms in total. The summed E-state index contributed by atoms with van der Waals surface area (Å²) in [6, 6.07) is 7.81. The fourth-order valence-electron chi connectivity index (χ4n) is 1.29. The third-order valence-electron chi connectivity index (χ3n) is 2.08. The number of rotatable bonds is 3. The molecular formula is C11H7Br3ClNS. The summed E-state index contributed by atoms with van der Waals surface area (Å²) < 4.78 is 3.18. The minimum atomic E-state index is 0.726. The Morgan fingerprint density at radius 1 is 1.12 bits per heavy atom. The zero-order chi connectivity index (χ0) is 12.4. The number of anilines is 1. The van der Waals surface area contributed by atoms with E-state index in [2.05, 4.69) is 59.2 Å². The first kappa shape index (κ1) is 13.9. The molecule has 0 atom stereocenters. The van der Waals surface area contributed by atoms with Gasteiger partial charge < -0.3 is 5.32 Å². The lowest BCUT2D eigenvalue weighted by Crippen LogP contribution is -1.97. The predicted molar refractivity (Wildman–Crippen MR) is 86.2 cm³/mol. The second-order valence-electron chi connectivity index (χ2n) is 3.31. The molecule has 1 heterocycles. The molecule has 1 aromatic carbocycles. The van der Waals surface area contributed by atoms with E-state index >= 15 is 0 Å². The molecule has 0 fully saturated rings. The van der Waals surface area contributed by atoms with Gasteiger partial charge in [-0.05, 0) is 72.1 Å². The van der Waals surface area contributed by atoms with Gasteiger partial charge in [0.25, 0.3) is 0 Å². The summed E-state index contributed by atoms with van der Waals surface area (Å²) in [5.74, 6) is 0. The highest BCUT2D eigenvalue weighted by atomic mass is 79.9. The van der Waals surface area contributed by atoms with Crippen molar-refractivity contribution in [3.05, 3.63) is 46.9 Å². The van der Waals surface area contributed by atoms with Crippen molar-refractivity contribution in [2.24, 2.45) is 0 Å². The molecule has 0 aliphatic carbocycles. The van der Waals surface area contributed by atoms with Gasteiger partial charge in [0.1, 0.15) is 0 Å². The van der Waals surface area contributed by atoms with Crippen molar-refractivity contribution in [3.63, 3.8) is 0 Å². The summed E-state index contributed by atoms with van der Waals surface area (Å²) in [5, 5.41) is 4.09. The van der Waals surface area contributed by atoms with Gasteiger partial charge in [-0.25, -0.2) is 0 Å². The third-order valence-corrected chi connectivity index (χ3v) is 6.23. The maximum Gasteiger partial charge on any atom is 0.0843 e. The van der Waals surface area contributed by atoms with Crippen molar-refractivity contribution in [2.75, 3.05) is 5.32 Å². The van der Waals surface area contributed by atoms with Crippen molar-refractivity contribution >= 4 is 76.4 Å². The fraction of sp³-hybridized carbons (Fsp3) is 0.0909. The van der Waals surface area contributed by atoms with Crippen LogP contribution in [-0.4, -0.2) is 0 Å². The van der Waals surface area contributed by atoms with E-state index < -0.39 is 0 Å². The fourth-order valence-corrected chi connectivity index (χ4v) is 4.23. The average molecular weight is 460 g/mol. The van der Waals surface area contributed by atoms with Crippen LogP contribution in [0.25, 0.3) is 0 Å². The van der Waals surface area contributed by atoms with Crippen LogP contribution in [0.1, 0.15) is 4.88 Å².